The van der Waals surface area contributed by atoms with Crippen molar-refractivity contribution in [3.63, 3.8) is 0 Å². The molecule has 6 rings (SSSR count). The number of ether oxygens (including phenoxy) is 2. The maximum absolute atomic E-state index is 13.9. The summed E-state index contributed by atoms with van der Waals surface area (Å²) in [5.41, 5.74) is 3.31. The number of benzene rings is 2. The number of carbonyl (C=O) groups excluding carboxylic acids is 1. The minimum Gasteiger partial charge on any atom is -0.487 e. The van der Waals surface area contributed by atoms with E-state index in [2.05, 4.69) is 9.62 Å². The van der Waals surface area contributed by atoms with Gasteiger partial charge >= 0.3 is 0 Å². The highest BCUT2D eigenvalue weighted by atomic mass is 35.5. The zero-order valence-corrected chi connectivity index (χ0v) is 28.3. The van der Waals surface area contributed by atoms with E-state index in [1.54, 1.807) is 18.2 Å². The van der Waals surface area contributed by atoms with Crippen molar-refractivity contribution < 1.29 is 27.8 Å². The molecule has 1 saturated carbocycles. The molecule has 0 radical (unpaired) electrons. The van der Waals surface area contributed by atoms with Crippen molar-refractivity contribution >= 4 is 33.2 Å². The van der Waals surface area contributed by atoms with E-state index >= 15 is 0 Å². The van der Waals surface area contributed by atoms with E-state index in [0.717, 1.165) is 69.3 Å². The third-order valence-electron chi connectivity index (χ3n) is 10.6. The number of aryl methyl sites for hydroxylation is 1. The summed E-state index contributed by atoms with van der Waals surface area (Å²) in [6, 6.07) is 11.1. The topological polar surface area (TPSA) is 105 Å². The van der Waals surface area contributed by atoms with Gasteiger partial charge in [0.2, 0.25) is 10.0 Å². The normalized spacial score (nSPS) is 29.9. The molecule has 0 aromatic heterocycles. The highest BCUT2D eigenvalue weighted by molar-refractivity contribution is 7.90. The number of amides is 1. The predicted octanol–water partition coefficient (Wildman–Crippen LogP) is 6.29. The van der Waals surface area contributed by atoms with Gasteiger partial charge in [-0.2, -0.15) is 0 Å². The number of sulfonamides is 1. The maximum atomic E-state index is 13.9. The van der Waals surface area contributed by atoms with Gasteiger partial charge < -0.3 is 19.5 Å². The summed E-state index contributed by atoms with van der Waals surface area (Å²) in [5, 5.41) is 11.2. The van der Waals surface area contributed by atoms with Crippen molar-refractivity contribution in [2.24, 2.45) is 23.7 Å². The Kier molecular flexibility index (Phi) is 10.6. The van der Waals surface area contributed by atoms with Gasteiger partial charge in [0.25, 0.3) is 5.91 Å². The number of hydrogen-bond donors (Lipinski definition) is 2. The number of hydrogen-bond acceptors (Lipinski definition) is 7. The first-order valence-electron chi connectivity index (χ1n) is 17.0. The van der Waals surface area contributed by atoms with E-state index in [1.165, 1.54) is 5.56 Å². The minimum absolute atomic E-state index is 0.127. The van der Waals surface area contributed by atoms with Crippen LogP contribution in [0.1, 0.15) is 79.8 Å². The van der Waals surface area contributed by atoms with E-state index in [9.17, 15) is 18.3 Å². The highest BCUT2D eigenvalue weighted by Gasteiger charge is 2.38. The van der Waals surface area contributed by atoms with Gasteiger partial charge in [0, 0.05) is 36.9 Å². The average Bonchev–Trinajstić information content (AvgIpc) is 3.04. The van der Waals surface area contributed by atoms with Crippen molar-refractivity contribution in [2.45, 2.75) is 82.7 Å². The number of fused-ring (bicyclic) bond motifs is 3. The third-order valence-corrected chi connectivity index (χ3v) is 12.8. The van der Waals surface area contributed by atoms with Crippen LogP contribution in [0.2, 0.25) is 5.02 Å². The Morgan fingerprint density at radius 1 is 1.04 bits per heavy atom. The summed E-state index contributed by atoms with van der Waals surface area (Å²) in [7, 11) is -4.01. The van der Waals surface area contributed by atoms with Crippen LogP contribution in [-0.4, -0.2) is 57.1 Å². The molecule has 0 spiro atoms. The number of halogens is 1. The molecule has 1 aliphatic carbocycles. The largest absolute Gasteiger partial charge is 0.487 e. The van der Waals surface area contributed by atoms with Crippen LogP contribution in [-0.2, 0) is 27.8 Å². The van der Waals surface area contributed by atoms with Gasteiger partial charge in [0.05, 0.1) is 17.0 Å². The van der Waals surface area contributed by atoms with Gasteiger partial charge in [-0.3, -0.25) is 4.79 Å². The van der Waals surface area contributed by atoms with Crippen LogP contribution >= 0.6 is 11.6 Å². The Labute approximate surface area is 278 Å². The molecule has 10 heteroatoms. The van der Waals surface area contributed by atoms with Crippen LogP contribution in [0.4, 0.5) is 5.69 Å². The fraction of sp³-hybridized carbons (Fsp3) is 0.583. The van der Waals surface area contributed by atoms with Gasteiger partial charge in [-0.25, -0.2) is 13.1 Å². The summed E-state index contributed by atoms with van der Waals surface area (Å²) in [4.78, 5) is 16.0. The Bertz CT molecular complexity index is 1520. The monoisotopic (exact) mass is 670 g/mol. The first-order chi connectivity index (χ1) is 22.2. The summed E-state index contributed by atoms with van der Waals surface area (Å²) in [5.74, 6) is 0.408. The number of carbonyl (C=O) groups is 1. The van der Waals surface area contributed by atoms with Crippen LogP contribution in [0, 0.1) is 23.7 Å². The fourth-order valence-corrected chi connectivity index (χ4v) is 9.57. The molecule has 3 aliphatic heterocycles. The first kappa shape index (κ1) is 33.3. The van der Waals surface area contributed by atoms with Crippen LogP contribution in [0.25, 0.3) is 0 Å². The number of aliphatic hydroxyl groups excluding tert-OH is 1. The first-order valence-corrected chi connectivity index (χ1v) is 18.9. The lowest BCUT2D eigenvalue weighted by Gasteiger charge is -2.42. The molecule has 2 aromatic carbocycles. The second-order valence-electron chi connectivity index (χ2n) is 13.7. The molecule has 2 aromatic rings. The zero-order chi connectivity index (χ0) is 32.3. The minimum atomic E-state index is -4.01. The molecule has 2 N–H and O–H groups in total. The molecular weight excluding hydrogens is 624 g/mol. The van der Waals surface area contributed by atoms with E-state index in [-0.39, 0.29) is 29.2 Å². The van der Waals surface area contributed by atoms with Crippen molar-refractivity contribution in [1.82, 2.24) is 4.72 Å². The SMILES string of the molecule is C[C@@H]1C/C=C/[C@H](O)[C@H]2CC[C@H]2CN2CCCCc3cc(Cl)ccc3COc3ccc(cc32)C(=O)NS(=O)(=O)[C@@H]1CC1CCOCC1. The van der Waals surface area contributed by atoms with E-state index in [0.29, 0.717) is 43.4 Å². The number of aliphatic hydroxyl groups is 1. The molecule has 8 nitrogen and oxygen atoms in total. The van der Waals surface area contributed by atoms with E-state index in [4.69, 9.17) is 21.1 Å². The number of rotatable bonds is 2. The Morgan fingerprint density at radius 2 is 1.87 bits per heavy atom. The third kappa shape index (κ3) is 7.75. The average molecular weight is 671 g/mol. The lowest BCUT2D eigenvalue weighted by Crippen LogP contribution is -2.44. The molecule has 46 heavy (non-hydrogen) atoms. The van der Waals surface area contributed by atoms with Crippen molar-refractivity contribution in [3.8, 4) is 5.75 Å². The highest BCUT2D eigenvalue weighted by Crippen LogP contribution is 2.41. The summed E-state index contributed by atoms with van der Waals surface area (Å²) >= 11 is 6.33. The molecule has 3 heterocycles. The van der Waals surface area contributed by atoms with Crippen LogP contribution < -0.4 is 14.4 Å². The molecule has 250 valence electrons. The Balaban J connectivity index is 1.36. The van der Waals surface area contributed by atoms with Crippen molar-refractivity contribution in [1.29, 1.82) is 0 Å². The predicted molar refractivity (Wildman–Crippen MR) is 181 cm³/mol. The maximum Gasteiger partial charge on any atom is 0.264 e. The van der Waals surface area contributed by atoms with Crippen molar-refractivity contribution in [3.05, 3.63) is 70.3 Å². The van der Waals surface area contributed by atoms with Crippen LogP contribution in [0.15, 0.2) is 48.6 Å². The quantitative estimate of drug-likeness (QED) is 0.362. The molecule has 5 atom stereocenters. The van der Waals surface area contributed by atoms with Gasteiger partial charge in [-0.15, -0.1) is 0 Å². The van der Waals surface area contributed by atoms with E-state index in [1.807, 2.05) is 37.3 Å². The lowest BCUT2D eigenvalue weighted by atomic mass is 9.70. The number of nitrogens with zero attached hydrogens (tertiary/aromatic N) is 1. The molecule has 4 aliphatic rings. The Hall–Kier alpha value is -2.59. The number of nitrogens with one attached hydrogen (secondary N) is 1. The molecule has 2 bridgehead atoms. The van der Waals surface area contributed by atoms with Gasteiger partial charge in [-0.05, 0) is 123 Å². The van der Waals surface area contributed by atoms with Crippen LogP contribution in [0.3, 0.4) is 0 Å². The van der Waals surface area contributed by atoms with Gasteiger partial charge in [0.15, 0.2) is 0 Å². The van der Waals surface area contributed by atoms with Gasteiger partial charge in [0.1, 0.15) is 12.4 Å². The molecule has 1 saturated heterocycles. The second-order valence-corrected chi connectivity index (χ2v) is 16.1. The second kappa shape index (κ2) is 14.7. The summed E-state index contributed by atoms with van der Waals surface area (Å²) in [6.07, 6.45) is 10.5. The Morgan fingerprint density at radius 3 is 2.65 bits per heavy atom. The summed E-state index contributed by atoms with van der Waals surface area (Å²) in [6.45, 7) is 5.00. The molecule has 1 amide bonds. The molecule has 2 fully saturated rings. The smallest absolute Gasteiger partial charge is 0.264 e. The molecule has 0 unspecified atom stereocenters. The van der Waals surface area contributed by atoms with Crippen molar-refractivity contribution in [2.75, 3.05) is 31.2 Å². The standard InChI is InChI=1S/C36H47ClN2O6S/c1-24-5-4-7-33(40)31-12-9-28(31)22-39-16-3-2-6-26-20-30(37)11-8-29(26)23-45-34-13-10-27(21-32(34)39)36(41)38-46(42,43)35(24)19-25-14-17-44-18-15-25/h4,7-8,10-11,13,20-21,24-25,28,31,33,35,40H,2-3,5-6,9,12,14-19,22-23H2,1H3,(H,38,41)/b7-4+/t24-,28+,31+,33+,35-/m1/s1. The molecular formula is C36H47ClN2O6S. The zero-order valence-electron chi connectivity index (χ0n) is 26.7. The van der Waals surface area contributed by atoms with Gasteiger partial charge in [-0.1, -0.05) is 36.7 Å². The van der Waals surface area contributed by atoms with E-state index < -0.39 is 27.3 Å². The number of anilines is 1. The van der Waals surface area contributed by atoms with Crippen LogP contribution in [0.5, 0.6) is 5.75 Å². The summed E-state index contributed by atoms with van der Waals surface area (Å²) < 4.78 is 42.3. The number of allylic oxidation sites excluding steroid dienone is 1. The fourth-order valence-electron chi connectivity index (χ4n) is 7.60. The lowest BCUT2D eigenvalue weighted by molar-refractivity contribution is 0.0460.